The van der Waals surface area contributed by atoms with Gasteiger partial charge in [0.15, 0.2) is 0 Å². The lowest BCUT2D eigenvalue weighted by Crippen LogP contribution is -2.47. The molecule has 0 aromatic heterocycles. The SMILES string of the molecule is CC1(C)COP(=O)(N2CCN(P3(=O)OCC(C)(C)CO3)CC2)OC1. The molecular weight excluding hydrogens is 354 g/mol. The maximum absolute atomic E-state index is 12.9. The fourth-order valence-electron chi connectivity index (χ4n) is 2.68. The number of piperazine rings is 1. The van der Waals surface area contributed by atoms with Crippen molar-refractivity contribution in [3.63, 3.8) is 0 Å². The summed E-state index contributed by atoms with van der Waals surface area (Å²) in [6.45, 7) is 11.5. The van der Waals surface area contributed by atoms with E-state index in [1.807, 2.05) is 27.7 Å². The van der Waals surface area contributed by atoms with E-state index in [1.54, 1.807) is 9.34 Å². The Hall–Kier alpha value is 0.220. The second kappa shape index (κ2) is 6.43. The largest absolute Gasteiger partial charge is 0.408 e. The average molecular weight is 382 g/mol. The van der Waals surface area contributed by atoms with E-state index in [2.05, 4.69) is 0 Å². The number of hydrogen-bond acceptors (Lipinski definition) is 6. The Labute approximate surface area is 143 Å². The standard InChI is InChI=1S/C14H28N2O6P2/c1-13(2)9-19-23(17,20-10-13)15-5-7-16(8-6-15)24(18)21-11-14(3,4)12-22-24/h5-12H2,1-4H3. The molecule has 3 fully saturated rings. The van der Waals surface area contributed by atoms with Crippen LogP contribution in [0.15, 0.2) is 0 Å². The summed E-state index contributed by atoms with van der Waals surface area (Å²) in [5.41, 5.74) is -0.256. The zero-order valence-electron chi connectivity index (χ0n) is 14.9. The number of nitrogens with zero attached hydrogens (tertiary/aromatic N) is 2. The van der Waals surface area contributed by atoms with Crippen LogP contribution < -0.4 is 0 Å². The van der Waals surface area contributed by atoms with Crippen LogP contribution in [0.5, 0.6) is 0 Å². The molecule has 140 valence electrons. The van der Waals surface area contributed by atoms with Crippen LogP contribution in [0.1, 0.15) is 27.7 Å². The van der Waals surface area contributed by atoms with Gasteiger partial charge in [-0.05, 0) is 0 Å². The van der Waals surface area contributed by atoms with Gasteiger partial charge in [0.1, 0.15) is 0 Å². The minimum Gasteiger partial charge on any atom is -0.296 e. The summed E-state index contributed by atoms with van der Waals surface area (Å²) in [5.74, 6) is 0. The zero-order valence-corrected chi connectivity index (χ0v) is 16.7. The van der Waals surface area contributed by atoms with Crippen molar-refractivity contribution >= 4 is 15.5 Å². The highest BCUT2D eigenvalue weighted by Crippen LogP contribution is 2.60. The predicted octanol–water partition coefficient (Wildman–Crippen LogP) is 2.97. The maximum atomic E-state index is 12.9. The van der Waals surface area contributed by atoms with E-state index in [-0.39, 0.29) is 10.8 Å². The molecule has 3 heterocycles. The second-order valence-corrected chi connectivity index (χ2v) is 12.3. The topological polar surface area (TPSA) is 77.5 Å². The van der Waals surface area contributed by atoms with Crippen molar-refractivity contribution in [3.8, 4) is 0 Å². The van der Waals surface area contributed by atoms with Gasteiger partial charge in [0.25, 0.3) is 0 Å². The summed E-state index contributed by atoms with van der Waals surface area (Å²) in [6.07, 6.45) is 0. The van der Waals surface area contributed by atoms with Crippen molar-refractivity contribution < 1.29 is 27.2 Å². The van der Waals surface area contributed by atoms with Gasteiger partial charge < -0.3 is 0 Å². The van der Waals surface area contributed by atoms with Gasteiger partial charge in [-0.25, -0.2) is 18.5 Å². The van der Waals surface area contributed by atoms with Gasteiger partial charge in [-0.2, -0.15) is 0 Å². The molecule has 0 spiro atoms. The van der Waals surface area contributed by atoms with Crippen LogP contribution in [0, 0.1) is 10.8 Å². The van der Waals surface area contributed by atoms with Crippen LogP contribution in [-0.4, -0.2) is 61.9 Å². The van der Waals surface area contributed by atoms with Crippen molar-refractivity contribution in [2.24, 2.45) is 10.8 Å². The quantitative estimate of drug-likeness (QED) is 0.675. The first kappa shape index (κ1) is 19.0. The molecule has 10 heteroatoms. The first-order chi connectivity index (χ1) is 11.0. The third-order valence-corrected chi connectivity index (χ3v) is 8.41. The van der Waals surface area contributed by atoms with Crippen LogP contribution in [0.25, 0.3) is 0 Å². The Morgan fingerprint density at radius 3 is 1.12 bits per heavy atom. The number of hydrogen-bond donors (Lipinski definition) is 0. The van der Waals surface area contributed by atoms with Crippen molar-refractivity contribution in [1.29, 1.82) is 0 Å². The molecule has 0 amide bonds. The fraction of sp³-hybridized carbons (Fsp3) is 1.00. The molecule has 0 bridgehead atoms. The van der Waals surface area contributed by atoms with Crippen LogP contribution in [0.2, 0.25) is 0 Å². The third-order valence-electron chi connectivity index (χ3n) is 4.40. The summed E-state index contributed by atoms with van der Waals surface area (Å²) < 4.78 is 51.4. The minimum absolute atomic E-state index is 0.128. The molecule has 0 aliphatic carbocycles. The molecule has 3 rings (SSSR count). The van der Waals surface area contributed by atoms with Crippen LogP contribution in [0.3, 0.4) is 0 Å². The molecule has 3 saturated heterocycles. The van der Waals surface area contributed by atoms with Crippen LogP contribution in [-0.2, 0) is 27.2 Å². The first-order valence-corrected chi connectivity index (χ1v) is 11.3. The monoisotopic (exact) mass is 382 g/mol. The van der Waals surface area contributed by atoms with Gasteiger partial charge in [-0.1, -0.05) is 27.7 Å². The molecule has 0 N–H and O–H groups in total. The average Bonchev–Trinajstić information content (AvgIpc) is 2.54. The van der Waals surface area contributed by atoms with E-state index < -0.39 is 15.5 Å². The van der Waals surface area contributed by atoms with Gasteiger partial charge in [0.2, 0.25) is 0 Å². The Kier molecular flexibility index (Phi) is 5.09. The van der Waals surface area contributed by atoms with Crippen molar-refractivity contribution in [2.45, 2.75) is 27.7 Å². The van der Waals surface area contributed by atoms with Gasteiger partial charge in [-0.15, -0.1) is 0 Å². The molecular formula is C14H28N2O6P2. The summed E-state index contributed by atoms with van der Waals surface area (Å²) in [7, 11) is -6.49. The smallest absolute Gasteiger partial charge is 0.296 e. The predicted molar refractivity (Wildman–Crippen MR) is 89.7 cm³/mol. The van der Waals surface area contributed by atoms with E-state index in [9.17, 15) is 9.13 Å². The lowest BCUT2D eigenvalue weighted by molar-refractivity contribution is 0.00558. The highest BCUT2D eigenvalue weighted by molar-refractivity contribution is 7.51. The van der Waals surface area contributed by atoms with Crippen LogP contribution in [0.4, 0.5) is 0 Å². The second-order valence-electron chi connectivity index (χ2n) is 8.27. The molecule has 0 aromatic carbocycles. The molecule has 24 heavy (non-hydrogen) atoms. The molecule has 0 aromatic rings. The summed E-state index contributed by atoms with van der Waals surface area (Å²) in [4.78, 5) is 0. The summed E-state index contributed by atoms with van der Waals surface area (Å²) in [5, 5.41) is 0. The Bertz CT molecular complexity index is 496. The van der Waals surface area contributed by atoms with E-state index in [4.69, 9.17) is 18.1 Å². The van der Waals surface area contributed by atoms with Gasteiger partial charge in [0.05, 0.1) is 26.4 Å². The Morgan fingerprint density at radius 2 is 0.875 bits per heavy atom. The van der Waals surface area contributed by atoms with Gasteiger partial charge >= 0.3 is 15.5 Å². The number of rotatable bonds is 2. The first-order valence-electron chi connectivity index (χ1n) is 8.33. The van der Waals surface area contributed by atoms with E-state index in [0.717, 1.165) is 0 Å². The van der Waals surface area contributed by atoms with E-state index in [1.165, 1.54) is 0 Å². The highest BCUT2D eigenvalue weighted by Gasteiger charge is 2.47. The third kappa shape index (κ3) is 3.97. The molecule has 3 aliphatic rings. The fourth-order valence-corrected chi connectivity index (χ4v) is 6.88. The Morgan fingerprint density at radius 1 is 0.625 bits per heavy atom. The molecule has 0 atom stereocenters. The maximum Gasteiger partial charge on any atom is 0.408 e. The van der Waals surface area contributed by atoms with Crippen LogP contribution >= 0.6 is 15.5 Å². The highest BCUT2D eigenvalue weighted by atomic mass is 31.2. The minimum atomic E-state index is -3.24. The molecule has 0 radical (unpaired) electrons. The molecule has 8 nitrogen and oxygen atoms in total. The molecule has 0 unspecified atom stereocenters. The Balaban J connectivity index is 1.57. The van der Waals surface area contributed by atoms with E-state index in [0.29, 0.717) is 52.6 Å². The summed E-state index contributed by atoms with van der Waals surface area (Å²) >= 11 is 0. The zero-order chi connectivity index (χ0) is 17.6. The van der Waals surface area contributed by atoms with Gasteiger partial charge in [0, 0.05) is 37.0 Å². The van der Waals surface area contributed by atoms with E-state index >= 15 is 0 Å². The van der Waals surface area contributed by atoms with Crippen molar-refractivity contribution in [3.05, 3.63) is 0 Å². The lowest BCUT2D eigenvalue weighted by atomic mass is 9.97. The lowest BCUT2D eigenvalue weighted by Gasteiger charge is -2.44. The van der Waals surface area contributed by atoms with Crippen molar-refractivity contribution in [1.82, 2.24) is 9.34 Å². The summed E-state index contributed by atoms with van der Waals surface area (Å²) in [6, 6.07) is 0. The van der Waals surface area contributed by atoms with Crippen molar-refractivity contribution in [2.75, 3.05) is 52.6 Å². The van der Waals surface area contributed by atoms with Gasteiger partial charge in [-0.3, -0.25) is 18.1 Å². The molecule has 0 saturated carbocycles. The normalized spacial score (nSPS) is 33.2. The molecule has 3 aliphatic heterocycles.